The maximum Gasteiger partial charge on any atom is 0.233 e. The molecule has 1 unspecified atom stereocenters. The van der Waals surface area contributed by atoms with Gasteiger partial charge in [-0.15, -0.1) is 0 Å². The normalized spacial score (nSPS) is 12.8. The predicted octanol–water partition coefficient (Wildman–Crippen LogP) is 3.41. The summed E-state index contributed by atoms with van der Waals surface area (Å²) in [6.07, 6.45) is 2.57. The van der Waals surface area contributed by atoms with Gasteiger partial charge in [0.2, 0.25) is 15.9 Å². The second-order valence-electron chi connectivity index (χ2n) is 6.29. The summed E-state index contributed by atoms with van der Waals surface area (Å²) in [5, 5.41) is 4.00. The minimum absolute atomic E-state index is 0.0504. The van der Waals surface area contributed by atoms with Crippen LogP contribution in [0.1, 0.15) is 43.0 Å². The summed E-state index contributed by atoms with van der Waals surface area (Å²) in [7, 11) is -3.57. The van der Waals surface area contributed by atoms with Crippen LogP contribution in [0.25, 0.3) is 6.08 Å². The topological polar surface area (TPSA) is 75.3 Å². The lowest BCUT2D eigenvalue weighted by Gasteiger charge is -2.15. The number of hydrogen-bond acceptors (Lipinski definition) is 3. The van der Waals surface area contributed by atoms with E-state index in [4.69, 9.17) is 0 Å². The predicted molar refractivity (Wildman–Crippen MR) is 109 cm³/mol. The molecule has 2 N–H and O–H groups in total. The Bertz CT molecular complexity index is 860. The first-order valence-electron chi connectivity index (χ1n) is 9.00. The highest BCUT2D eigenvalue weighted by Gasteiger charge is 2.11. The summed E-state index contributed by atoms with van der Waals surface area (Å²) >= 11 is 0. The Balaban J connectivity index is 1.78. The Labute approximate surface area is 161 Å². The van der Waals surface area contributed by atoms with Crippen molar-refractivity contribution in [3.63, 3.8) is 0 Å². The first-order valence-corrected chi connectivity index (χ1v) is 10.6. The molecule has 2 rings (SSSR count). The number of carbonyl (C=O) groups excluding carboxylic acids is 1. The van der Waals surface area contributed by atoms with Crippen LogP contribution in [-0.2, 0) is 21.2 Å². The Morgan fingerprint density at radius 3 is 2.37 bits per heavy atom. The average Bonchev–Trinajstić information content (AvgIpc) is 2.67. The van der Waals surface area contributed by atoms with Gasteiger partial charge in [0.1, 0.15) is 0 Å². The molecule has 0 aliphatic rings. The SMILES string of the molecule is CCc1ccc(C(C)NC(=O)CCNS(=O)(=O)/C=C/c2ccccc2)cc1. The van der Waals surface area contributed by atoms with Gasteiger partial charge >= 0.3 is 0 Å². The maximum atomic E-state index is 12.1. The Kier molecular flexibility index (Phi) is 7.76. The number of hydrogen-bond donors (Lipinski definition) is 2. The van der Waals surface area contributed by atoms with Crippen molar-refractivity contribution in [3.8, 4) is 0 Å². The molecule has 0 spiro atoms. The van der Waals surface area contributed by atoms with Gasteiger partial charge in [0.05, 0.1) is 6.04 Å². The molecule has 6 heteroatoms. The zero-order valence-corrected chi connectivity index (χ0v) is 16.5. The van der Waals surface area contributed by atoms with Crippen LogP contribution in [-0.4, -0.2) is 20.9 Å². The fourth-order valence-electron chi connectivity index (χ4n) is 2.53. The van der Waals surface area contributed by atoms with Gasteiger partial charge in [-0.25, -0.2) is 13.1 Å². The van der Waals surface area contributed by atoms with E-state index in [9.17, 15) is 13.2 Å². The summed E-state index contributed by atoms with van der Waals surface area (Å²) in [4.78, 5) is 12.1. The third kappa shape index (κ3) is 7.37. The maximum absolute atomic E-state index is 12.1. The molecule has 0 radical (unpaired) electrons. The van der Waals surface area contributed by atoms with Gasteiger partial charge in [-0.3, -0.25) is 4.79 Å². The molecule has 5 nitrogen and oxygen atoms in total. The van der Waals surface area contributed by atoms with Crippen molar-refractivity contribution in [2.45, 2.75) is 32.7 Å². The second kappa shape index (κ2) is 10.0. The monoisotopic (exact) mass is 386 g/mol. The fourth-order valence-corrected chi connectivity index (χ4v) is 3.35. The number of nitrogens with one attached hydrogen (secondary N) is 2. The zero-order valence-electron chi connectivity index (χ0n) is 15.7. The number of amides is 1. The first kappa shape index (κ1) is 20.9. The number of carbonyl (C=O) groups is 1. The van der Waals surface area contributed by atoms with Crippen LogP contribution >= 0.6 is 0 Å². The summed E-state index contributed by atoms with van der Waals surface area (Å²) in [6.45, 7) is 4.05. The molecule has 1 amide bonds. The summed E-state index contributed by atoms with van der Waals surface area (Å²) in [5.74, 6) is -0.197. The van der Waals surface area contributed by atoms with Crippen molar-refractivity contribution in [1.82, 2.24) is 10.0 Å². The van der Waals surface area contributed by atoms with Crippen molar-refractivity contribution < 1.29 is 13.2 Å². The van der Waals surface area contributed by atoms with E-state index in [1.807, 2.05) is 61.5 Å². The Hall–Kier alpha value is -2.44. The number of sulfonamides is 1. The van der Waals surface area contributed by atoms with Crippen LogP contribution in [0.15, 0.2) is 60.0 Å². The van der Waals surface area contributed by atoms with E-state index >= 15 is 0 Å². The highest BCUT2D eigenvalue weighted by molar-refractivity contribution is 7.92. The lowest BCUT2D eigenvalue weighted by atomic mass is 10.0. The largest absolute Gasteiger partial charge is 0.350 e. The smallest absolute Gasteiger partial charge is 0.233 e. The minimum Gasteiger partial charge on any atom is -0.350 e. The highest BCUT2D eigenvalue weighted by atomic mass is 32.2. The zero-order chi connectivity index (χ0) is 19.7. The van der Waals surface area contributed by atoms with Crippen molar-refractivity contribution >= 4 is 22.0 Å². The summed E-state index contributed by atoms with van der Waals surface area (Å²) < 4.78 is 26.3. The molecule has 1 atom stereocenters. The molecule has 0 saturated heterocycles. The molecule has 2 aromatic rings. The quantitative estimate of drug-likeness (QED) is 0.693. The van der Waals surface area contributed by atoms with Crippen LogP contribution in [0.2, 0.25) is 0 Å². The van der Waals surface area contributed by atoms with Crippen LogP contribution in [0.4, 0.5) is 0 Å². The van der Waals surface area contributed by atoms with Crippen LogP contribution in [0.3, 0.4) is 0 Å². The summed E-state index contributed by atoms with van der Waals surface area (Å²) in [5.41, 5.74) is 3.06. The lowest BCUT2D eigenvalue weighted by Crippen LogP contribution is -2.31. The van der Waals surface area contributed by atoms with Crippen molar-refractivity contribution in [2.24, 2.45) is 0 Å². The van der Waals surface area contributed by atoms with E-state index in [2.05, 4.69) is 17.0 Å². The highest BCUT2D eigenvalue weighted by Crippen LogP contribution is 2.13. The molecule has 144 valence electrons. The lowest BCUT2D eigenvalue weighted by molar-refractivity contribution is -0.121. The molecule has 0 saturated carbocycles. The molecule has 0 fully saturated rings. The standard InChI is InChI=1S/C21H26N2O3S/c1-3-18-9-11-20(12-10-18)17(2)23-21(24)13-15-22-27(25,26)16-14-19-7-5-4-6-8-19/h4-12,14,16-17,22H,3,13,15H2,1-2H3,(H,23,24)/b16-14+. The van der Waals surface area contributed by atoms with Gasteiger partial charge < -0.3 is 5.32 Å². The Morgan fingerprint density at radius 2 is 1.74 bits per heavy atom. The van der Waals surface area contributed by atoms with Gasteiger partial charge in [0.15, 0.2) is 0 Å². The second-order valence-corrected chi connectivity index (χ2v) is 7.94. The number of benzene rings is 2. The van der Waals surface area contributed by atoms with E-state index in [0.717, 1.165) is 23.0 Å². The molecule has 0 heterocycles. The third-order valence-electron chi connectivity index (χ3n) is 4.16. The summed E-state index contributed by atoms with van der Waals surface area (Å²) in [6, 6.07) is 17.1. The van der Waals surface area contributed by atoms with Gasteiger partial charge in [0.25, 0.3) is 0 Å². The van der Waals surface area contributed by atoms with Crippen LogP contribution < -0.4 is 10.0 Å². The van der Waals surface area contributed by atoms with E-state index in [1.54, 1.807) is 0 Å². The van der Waals surface area contributed by atoms with Gasteiger partial charge in [-0.1, -0.05) is 61.5 Å². The Morgan fingerprint density at radius 1 is 1.07 bits per heavy atom. The van der Waals surface area contributed by atoms with E-state index in [1.165, 1.54) is 11.6 Å². The van der Waals surface area contributed by atoms with Gasteiger partial charge in [-0.05, 0) is 36.1 Å². The molecule has 0 aliphatic carbocycles. The molecule has 0 aliphatic heterocycles. The van der Waals surface area contributed by atoms with Gasteiger partial charge in [-0.2, -0.15) is 0 Å². The van der Waals surface area contributed by atoms with Crippen molar-refractivity contribution in [2.75, 3.05) is 6.54 Å². The van der Waals surface area contributed by atoms with E-state index in [-0.39, 0.29) is 24.9 Å². The average molecular weight is 387 g/mol. The van der Waals surface area contributed by atoms with Crippen molar-refractivity contribution in [3.05, 3.63) is 76.7 Å². The first-order chi connectivity index (χ1) is 12.9. The molecular weight excluding hydrogens is 360 g/mol. The fraction of sp³-hybridized carbons (Fsp3) is 0.286. The number of rotatable bonds is 9. The molecule has 27 heavy (non-hydrogen) atoms. The molecule has 0 bridgehead atoms. The van der Waals surface area contributed by atoms with Gasteiger partial charge in [0, 0.05) is 18.4 Å². The van der Waals surface area contributed by atoms with E-state index < -0.39 is 10.0 Å². The molecule has 2 aromatic carbocycles. The third-order valence-corrected chi connectivity index (χ3v) is 5.26. The van der Waals surface area contributed by atoms with Crippen LogP contribution in [0, 0.1) is 0 Å². The minimum atomic E-state index is -3.57. The van der Waals surface area contributed by atoms with Crippen LogP contribution in [0.5, 0.6) is 0 Å². The molecule has 0 aromatic heterocycles. The van der Waals surface area contributed by atoms with Crippen molar-refractivity contribution in [1.29, 1.82) is 0 Å². The van der Waals surface area contributed by atoms with E-state index in [0.29, 0.717) is 0 Å². The molecular formula is C21H26N2O3S. The number of aryl methyl sites for hydroxylation is 1.